The minimum atomic E-state index is 0.0706. The van der Waals surface area contributed by atoms with Gasteiger partial charge >= 0.3 is 0 Å². The van der Waals surface area contributed by atoms with Crippen LogP contribution in [-0.2, 0) is 4.79 Å². The molecule has 1 amide bonds. The second kappa shape index (κ2) is 5.13. The first-order chi connectivity index (χ1) is 5.06. The van der Waals surface area contributed by atoms with Gasteiger partial charge in [0.1, 0.15) is 0 Å². The molecule has 0 aliphatic heterocycles. The molecule has 3 nitrogen and oxygen atoms in total. The number of hydrogen-bond acceptors (Lipinski definition) is 2. The maximum absolute atomic E-state index is 11.1. The summed E-state index contributed by atoms with van der Waals surface area (Å²) in [5.41, 5.74) is 0. The molecule has 0 fully saturated rings. The smallest absolute Gasteiger partial charge is 0.221 e. The first kappa shape index (κ1) is 10.4. The number of rotatable bonds is 4. The van der Waals surface area contributed by atoms with Crippen molar-refractivity contribution in [1.29, 1.82) is 0 Å². The second-order valence-corrected chi connectivity index (χ2v) is 3.18. The van der Waals surface area contributed by atoms with Crippen LogP contribution in [0.5, 0.6) is 0 Å². The minimum Gasteiger partial charge on any atom is -0.341 e. The molecule has 0 heterocycles. The Morgan fingerprint density at radius 1 is 1.36 bits per heavy atom. The Morgan fingerprint density at radius 3 is 2.27 bits per heavy atom. The van der Waals surface area contributed by atoms with E-state index in [4.69, 9.17) is 0 Å². The Bertz CT molecular complexity index is 123. The Labute approximate surface area is 68.6 Å². The summed E-state index contributed by atoms with van der Waals surface area (Å²) in [7, 11) is 1.82. The molecule has 0 saturated heterocycles. The summed E-state index contributed by atoms with van der Waals surface area (Å²) >= 11 is 0. The molecule has 0 rings (SSSR count). The maximum atomic E-state index is 11.1. The van der Waals surface area contributed by atoms with Crippen molar-refractivity contribution >= 4 is 5.91 Å². The van der Waals surface area contributed by atoms with Gasteiger partial charge in [-0.25, -0.2) is 0 Å². The highest BCUT2D eigenvalue weighted by Gasteiger charge is 2.06. The summed E-state index contributed by atoms with van der Waals surface area (Å²) in [6, 6.07) is 0. The molecule has 0 aromatic carbocycles. The molecule has 0 aromatic heterocycles. The molecule has 0 unspecified atom stereocenters. The molecule has 0 radical (unpaired) electrons. The van der Waals surface area contributed by atoms with Crippen molar-refractivity contribution in [2.45, 2.75) is 33.4 Å². The van der Waals surface area contributed by atoms with Crippen LogP contribution in [-0.4, -0.2) is 19.1 Å². The summed E-state index contributed by atoms with van der Waals surface area (Å²) in [5, 5.41) is 5.75. The molecule has 66 valence electrons. The van der Waals surface area contributed by atoms with Gasteiger partial charge in [0.05, 0.1) is 6.17 Å². The van der Waals surface area contributed by atoms with E-state index in [1.165, 1.54) is 0 Å². The predicted molar refractivity (Wildman–Crippen MR) is 46.1 cm³/mol. The first-order valence-corrected chi connectivity index (χ1v) is 4.03. The number of carbonyl (C=O) groups is 1. The van der Waals surface area contributed by atoms with E-state index in [1.807, 2.05) is 27.8 Å². The lowest BCUT2D eigenvalue weighted by Crippen LogP contribution is -2.41. The van der Waals surface area contributed by atoms with Gasteiger partial charge in [0, 0.05) is 6.42 Å². The summed E-state index contributed by atoms with van der Waals surface area (Å²) in [4.78, 5) is 11.1. The summed E-state index contributed by atoms with van der Waals surface area (Å²) < 4.78 is 0. The van der Waals surface area contributed by atoms with Crippen molar-refractivity contribution in [2.75, 3.05) is 7.05 Å². The predicted octanol–water partition coefficient (Wildman–Crippen LogP) is 0.714. The Hall–Kier alpha value is -0.570. The number of nitrogens with one attached hydrogen (secondary N) is 2. The lowest BCUT2D eigenvalue weighted by molar-refractivity contribution is -0.122. The van der Waals surface area contributed by atoms with E-state index in [0.29, 0.717) is 12.3 Å². The molecule has 0 aliphatic rings. The Balaban J connectivity index is 3.52. The van der Waals surface area contributed by atoms with Crippen LogP contribution in [0, 0.1) is 5.92 Å². The largest absolute Gasteiger partial charge is 0.341 e. The summed E-state index contributed by atoms with van der Waals surface area (Å²) in [6.07, 6.45) is 0.674. The fourth-order valence-electron chi connectivity index (χ4n) is 0.743. The van der Waals surface area contributed by atoms with E-state index >= 15 is 0 Å². The van der Waals surface area contributed by atoms with Crippen LogP contribution in [0.15, 0.2) is 0 Å². The lowest BCUT2D eigenvalue weighted by Gasteiger charge is -2.13. The van der Waals surface area contributed by atoms with Gasteiger partial charge in [-0.1, -0.05) is 13.8 Å². The maximum Gasteiger partial charge on any atom is 0.221 e. The third kappa shape index (κ3) is 5.85. The molecule has 0 aliphatic carbocycles. The van der Waals surface area contributed by atoms with E-state index < -0.39 is 0 Å². The number of amides is 1. The lowest BCUT2D eigenvalue weighted by atomic mass is 10.1. The van der Waals surface area contributed by atoms with Gasteiger partial charge in [-0.3, -0.25) is 4.79 Å². The van der Waals surface area contributed by atoms with E-state index in [0.717, 1.165) is 0 Å². The topological polar surface area (TPSA) is 41.1 Å². The molecule has 0 aromatic rings. The molecule has 0 bridgehead atoms. The van der Waals surface area contributed by atoms with Crippen LogP contribution < -0.4 is 10.6 Å². The molecule has 2 N–H and O–H groups in total. The molecular weight excluding hydrogens is 140 g/mol. The highest BCUT2D eigenvalue weighted by Crippen LogP contribution is 1.97. The number of hydrogen-bond donors (Lipinski definition) is 2. The van der Waals surface area contributed by atoms with Gasteiger partial charge in [0.25, 0.3) is 0 Å². The average molecular weight is 158 g/mol. The Morgan fingerprint density at radius 2 is 1.91 bits per heavy atom. The van der Waals surface area contributed by atoms with Gasteiger partial charge in [-0.15, -0.1) is 0 Å². The molecule has 1 atom stereocenters. The van der Waals surface area contributed by atoms with Crippen molar-refractivity contribution in [3.05, 3.63) is 0 Å². The van der Waals surface area contributed by atoms with Crippen LogP contribution >= 0.6 is 0 Å². The number of carbonyl (C=O) groups excluding carboxylic acids is 1. The average Bonchev–Trinajstić information content (AvgIpc) is 1.85. The molecule has 11 heavy (non-hydrogen) atoms. The van der Waals surface area contributed by atoms with Crippen LogP contribution in [0.4, 0.5) is 0 Å². The highest BCUT2D eigenvalue weighted by molar-refractivity contribution is 5.76. The van der Waals surface area contributed by atoms with Gasteiger partial charge in [-0.05, 0) is 19.9 Å². The summed E-state index contributed by atoms with van der Waals surface area (Å²) in [6.45, 7) is 5.98. The molecule has 3 heteroatoms. The zero-order valence-electron chi connectivity index (χ0n) is 7.77. The summed E-state index contributed by atoms with van der Waals surface area (Å²) in [5.74, 6) is 0.543. The van der Waals surface area contributed by atoms with E-state index in [-0.39, 0.29) is 12.1 Å². The van der Waals surface area contributed by atoms with E-state index in [1.54, 1.807) is 0 Å². The van der Waals surface area contributed by atoms with Gasteiger partial charge in [0.2, 0.25) is 5.91 Å². The van der Waals surface area contributed by atoms with Crippen LogP contribution in [0.25, 0.3) is 0 Å². The SMILES string of the molecule is CN[C@@H](C)NC(=O)CC(C)C. The van der Waals surface area contributed by atoms with Crippen molar-refractivity contribution in [1.82, 2.24) is 10.6 Å². The van der Waals surface area contributed by atoms with Crippen LogP contribution in [0.2, 0.25) is 0 Å². The monoisotopic (exact) mass is 158 g/mol. The van der Waals surface area contributed by atoms with Crippen LogP contribution in [0.1, 0.15) is 27.2 Å². The zero-order chi connectivity index (χ0) is 8.85. The molecule has 0 spiro atoms. The van der Waals surface area contributed by atoms with E-state index in [2.05, 4.69) is 10.6 Å². The molecular formula is C8H18N2O. The quantitative estimate of drug-likeness (QED) is 0.592. The third-order valence-electron chi connectivity index (χ3n) is 1.40. The van der Waals surface area contributed by atoms with Crippen molar-refractivity contribution < 1.29 is 4.79 Å². The third-order valence-corrected chi connectivity index (χ3v) is 1.40. The fourth-order valence-corrected chi connectivity index (χ4v) is 0.743. The molecule has 0 saturated carbocycles. The minimum absolute atomic E-state index is 0.0706. The highest BCUT2D eigenvalue weighted by atomic mass is 16.1. The fraction of sp³-hybridized carbons (Fsp3) is 0.875. The van der Waals surface area contributed by atoms with Gasteiger partial charge in [0.15, 0.2) is 0 Å². The first-order valence-electron chi connectivity index (χ1n) is 4.03. The standard InChI is InChI=1S/C8H18N2O/c1-6(2)5-8(11)10-7(3)9-4/h6-7,9H,5H2,1-4H3,(H,10,11)/t7-/m1/s1. The van der Waals surface area contributed by atoms with Crippen LogP contribution in [0.3, 0.4) is 0 Å². The second-order valence-electron chi connectivity index (χ2n) is 3.18. The van der Waals surface area contributed by atoms with E-state index in [9.17, 15) is 4.79 Å². The van der Waals surface area contributed by atoms with Crippen molar-refractivity contribution in [3.8, 4) is 0 Å². The van der Waals surface area contributed by atoms with Gasteiger partial charge in [-0.2, -0.15) is 0 Å². The zero-order valence-corrected chi connectivity index (χ0v) is 7.77. The Kier molecular flexibility index (Phi) is 4.86. The van der Waals surface area contributed by atoms with Crippen molar-refractivity contribution in [3.63, 3.8) is 0 Å². The van der Waals surface area contributed by atoms with Gasteiger partial charge < -0.3 is 10.6 Å². The normalized spacial score (nSPS) is 13.2. The van der Waals surface area contributed by atoms with Crippen molar-refractivity contribution in [2.24, 2.45) is 5.92 Å².